The lowest BCUT2D eigenvalue weighted by molar-refractivity contribution is -0.360. The maximum atomic E-state index is 14.2. The predicted molar refractivity (Wildman–Crippen MR) is 149 cm³/mol. The van der Waals surface area contributed by atoms with Gasteiger partial charge in [-0.25, -0.2) is 14.3 Å². The highest BCUT2D eigenvalue weighted by Gasteiger charge is 2.74. The number of benzene rings is 1. The first-order chi connectivity index (χ1) is 21.5. The Morgan fingerprint density at radius 1 is 1.02 bits per heavy atom. The Morgan fingerprint density at radius 2 is 1.74 bits per heavy atom. The number of hydrogen-bond donors (Lipinski definition) is 2. The molecule has 4 aromatic rings. The monoisotopic (exact) mass is 672 g/mol. The number of aryl methyl sites for hydroxylation is 2. The number of halogens is 8. The average Bonchev–Trinajstić information content (AvgIpc) is 3.52. The smallest absolute Gasteiger partial charge is 0.352 e. The Balaban J connectivity index is 1.48. The van der Waals surface area contributed by atoms with Crippen molar-refractivity contribution in [3.63, 3.8) is 0 Å². The topological polar surface area (TPSA) is 120 Å². The average molecular weight is 673 g/mol. The van der Waals surface area contributed by atoms with E-state index < -0.39 is 42.1 Å². The molecule has 0 saturated heterocycles. The zero-order valence-electron chi connectivity index (χ0n) is 24.0. The summed E-state index contributed by atoms with van der Waals surface area (Å²) in [7, 11) is 0. The fraction of sp³-hybridized carbons (Fsp3) is 0.357. The molecule has 0 spiro atoms. The molecule has 46 heavy (non-hydrogen) atoms. The first-order valence-electron chi connectivity index (χ1n) is 13.6. The molecule has 1 aromatic carbocycles. The van der Waals surface area contributed by atoms with Crippen LogP contribution in [0.5, 0.6) is 0 Å². The van der Waals surface area contributed by atoms with Crippen LogP contribution in [0.3, 0.4) is 0 Å². The summed E-state index contributed by atoms with van der Waals surface area (Å²) in [5.41, 5.74) is -0.832. The van der Waals surface area contributed by atoms with Gasteiger partial charge in [0.15, 0.2) is 11.5 Å². The van der Waals surface area contributed by atoms with E-state index in [4.69, 9.17) is 11.6 Å². The molecule has 18 heteroatoms. The molecule has 5 rings (SSSR count). The summed E-state index contributed by atoms with van der Waals surface area (Å²) in [6, 6.07) is 7.45. The molecule has 0 radical (unpaired) electrons. The highest BCUT2D eigenvalue weighted by molar-refractivity contribution is 6.31. The lowest BCUT2D eigenvalue weighted by Crippen LogP contribution is -2.50. The number of alkyl halides is 7. The van der Waals surface area contributed by atoms with Crippen LogP contribution in [-0.2, 0) is 12.5 Å². The molecule has 0 unspecified atom stereocenters. The van der Waals surface area contributed by atoms with Crippen LogP contribution in [-0.4, -0.2) is 60.2 Å². The maximum Gasteiger partial charge on any atom is 0.460 e. The molecule has 3 aromatic heterocycles. The van der Waals surface area contributed by atoms with Gasteiger partial charge in [0.1, 0.15) is 5.69 Å². The molecule has 1 aliphatic rings. The number of hydrogen-bond acceptors (Lipinski definition) is 6. The highest BCUT2D eigenvalue weighted by atomic mass is 35.5. The van der Waals surface area contributed by atoms with Crippen molar-refractivity contribution in [1.29, 1.82) is 0 Å². The maximum absolute atomic E-state index is 14.2. The van der Waals surface area contributed by atoms with Crippen molar-refractivity contribution in [2.45, 2.75) is 51.3 Å². The Morgan fingerprint density at radius 3 is 2.39 bits per heavy atom. The molecule has 0 aliphatic heterocycles. The van der Waals surface area contributed by atoms with Crippen LogP contribution in [0.4, 0.5) is 36.4 Å². The van der Waals surface area contributed by atoms with Crippen molar-refractivity contribution in [2.24, 2.45) is 5.92 Å². The molecule has 2 N–H and O–H groups in total. The van der Waals surface area contributed by atoms with Gasteiger partial charge < -0.3 is 10.6 Å². The molecule has 10 nitrogen and oxygen atoms in total. The third-order valence-corrected chi connectivity index (χ3v) is 7.36. The fourth-order valence-electron chi connectivity index (χ4n) is 4.47. The first-order valence-corrected chi connectivity index (χ1v) is 14.0. The Bertz CT molecular complexity index is 1800. The Labute approximate surface area is 260 Å². The fourth-order valence-corrected chi connectivity index (χ4v) is 4.75. The summed E-state index contributed by atoms with van der Waals surface area (Å²) < 4.78 is 95.1. The second kappa shape index (κ2) is 12.0. The van der Waals surface area contributed by atoms with Crippen LogP contribution in [0.15, 0.2) is 42.7 Å². The van der Waals surface area contributed by atoms with Gasteiger partial charge in [0.05, 0.1) is 29.7 Å². The minimum atomic E-state index is -6.55. The molecule has 1 fully saturated rings. The number of nitrogens with one attached hydrogen (secondary N) is 2. The minimum absolute atomic E-state index is 0.0484. The lowest BCUT2D eigenvalue weighted by atomic mass is 10.1. The largest absolute Gasteiger partial charge is 0.460 e. The molecule has 244 valence electrons. The molecule has 0 bridgehead atoms. The zero-order valence-corrected chi connectivity index (χ0v) is 24.7. The summed E-state index contributed by atoms with van der Waals surface area (Å²) in [5.74, 6) is -12.8. The van der Waals surface area contributed by atoms with Gasteiger partial charge in [0.25, 0.3) is 11.8 Å². The number of aromatic nitrogens is 6. The van der Waals surface area contributed by atoms with Gasteiger partial charge in [-0.1, -0.05) is 22.9 Å². The molecule has 2 amide bonds. The van der Waals surface area contributed by atoms with Gasteiger partial charge in [-0.3, -0.25) is 9.59 Å². The van der Waals surface area contributed by atoms with E-state index in [0.29, 0.717) is 28.3 Å². The molecular weight excluding hydrogens is 649 g/mol. The van der Waals surface area contributed by atoms with Gasteiger partial charge in [-0.15, -0.1) is 5.10 Å². The summed E-state index contributed by atoms with van der Waals surface area (Å²) in [6.45, 7) is 3.19. The normalized spacial score (nSPS) is 14.0. The van der Waals surface area contributed by atoms with Gasteiger partial charge in [0.2, 0.25) is 0 Å². The van der Waals surface area contributed by atoms with E-state index in [1.807, 2.05) is 0 Å². The Kier molecular flexibility index (Phi) is 8.57. The lowest BCUT2D eigenvalue weighted by Gasteiger charge is -2.26. The summed E-state index contributed by atoms with van der Waals surface area (Å²) in [5, 5.41) is 16.2. The third kappa shape index (κ3) is 6.41. The van der Waals surface area contributed by atoms with Crippen LogP contribution in [0.2, 0.25) is 5.02 Å². The van der Waals surface area contributed by atoms with Crippen LogP contribution in [0.25, 0.3) is 5.82 Å². The zero-order chi connectivity index (χ0) is 33.6. The van der Waals surface area contributed by atoms with Crippen molar-refractivity contribution < 1.29 is 40.3 Å². The van der Waals surface area contributed by atoms with Crippen molar-refractivity contribution >= 4 is 29.1 Å². The van der Waals surface area contributed by atoms with E-state index in [-0.39, 0.29) is 39.7 Å². The van der Waals surface area contributed by atoms with Crippen LogP contribution in [0.1, 0.15) is 56.2 Å². The number of amides is 2. The van der Waals surface area contributed by atoms with Gasteiger partial charge >= 0.3 is 18.0 Å². The standard InChI is InChI=1S/C28H24ClF7N8O2/c1-14-4-3-7-37-23(14)44-20(25(46)39-22-15(2)8-17(29)9-19(22)24(45)38-11-16-5-6-16)10-18(41-44)12-43-13-21(40-42-43)26(30,31)27(32,33)28(34,35)36/h3-4,7-10,13,16H,5-6,11-12H2,1-2H3,(H,38,45)(H,39,46). The molecule has 0 atom stereocenters. The second-order valence-electron chi connectivity index (χ2n) is 10.8. The van der Waals surface area contributed by atoms with E-state index in [1.54, 1.807) is 32.0 Å². The summed E-state index contributed by atoms with van der Waals surface area (Å²) in [6.07, 6.45) is -2.91. The third-order valence-electron chi connectivity index (χ3n) is 7.14. The quantitative estimate of drug-likeness (QED) is 0.204. The SMILES string of the molecule is Cc1cccnc1-n1nc(Cn2cc(C(F)(F)C(F)(F)C(F)(F)F)nn2)cc1C(=O)Nc1c(C)cc(Cl)cc1C(=O)NCC1CC1. The van der Waals surface area contributed by atoms with E-state index in [1.165, 1.54) is 18.3 Å². The van der Waals surface area contributed by atoms with Crippen molar-refractivity contribution in [3.05, 3.63) is 81.5 Å². The van der Waals surface area contributed by atoms with E-state index in [0.717, 1.165) is 17.5 Å². The predicted octanol–water partition coefficient (Wildman–Crippen LogP) is 5.86. The number of anilines is 1. The number of rotatable bonds is 10. The first kappa shape index (κ1) is 32.8. The summed E-state index contributed by atoms with van der Waals surface area (Å²) >= 11 is 6.20. The van der Waals surface area contributed by atoms with Gasteiger partial charge in [-0.2, -0.15) is 35.8 Å². The number of carbonyl (C=O) groups excluding carboxylic acids is 2. The van der Waals surface area contributed by atoms with Crippen molar-refractivity contribution in [1.82, 2.24) is 35.1 Å². The van der Waals surface area contributed by atoms with Crippen molar-refractivity contribution in [3.8, 4) is 5.82 Å². The molecule has 1 aliphatic carbocycles. The van der Waals surface area contributed by atoms with Gasteiger partial charge in [-0.05, 0) is 68.0 Å². The highest BCUT2D eigenvalue weighted by Crippen LogP contribution is 2.51. The van der Waals surface area contributed by atoms with E-state index >= 15 is 0 Å². The molecule has 1 saturated carbocycles. The van der Waals surface area contributed by atoms with Gasteiger partial charge in [0, 0.05) is 17.8 Å². The number of pyridine rings is 1. The molecule has 3 heterocycles. The van der Waals surface area contributed by atoms with Crippen LogP contribution in [0, 0.1) is 19.8 Å². The number of nitrogens with zero attached hydrogens (tertiary/aromatic N) is 6. The Hall–Kier alpha value is -4.54. The minimum Gasteiger partial charge on any atom is -0.352 e. The molecular formula is C28H24ClF7N8O2. The second-order valence-corrected chi connectivity index (χ2v) is 11.2. The van der Waals surface area contributed by atoms with Crippen molar-refractivity contribution in [2.75, 3.05) is 11.9 Å². The summed E-state index contributed by atoms with van der Waals surface area (Å²) in [4.78, 5) is 31.0. The van der Waals surface area contributed by atoms with Crippen LogP contribution < -0.4 is 10.6 Å². The van der Waals surface area contributed by atoms with E-state index in [2.05, 4.69) is 31.0 Å². The van der Waals surface area contributed by atoms with Crippen LogP contribution >= 0.6 is 11.6 Å². The number of carbonyl (C=O) groups is 2. The van der Waals surface area contributed by atoms with E-state index in [9.17, 15) is 40.3 Å².